The van der Waals surface area contributed by atoms with Crippen molar-refractivity contribution in [3.63, 3.8) is 0 Å². The van der Waals surface area contributed by atoms with Gasteiger partial charge in [0.2, 0.25) is 0 Å². The minimum atomic E-state index is -0.386. The van der Waals surface area contributed by atoms with E-state index in [2.05, 4.69) is 23.8 Å². The van der Waals surface area contributed by atoms with Gasteiger partial charge in [0.25, 0.3) is 5.56 Å². The molecule has 0 fully saturated rings. The Morgan fingerprint density at radius 1 is 1.25 bits per heavy atom. The first-order valence-corrected chi connectivity index (χ1v) is 9.38. The zero-order valence-corrected chi connectivity index (χ0v) is 15.6. The van der Waals surface area contributed by atoms with E-state index in [1.54, 1.807) is 18.8 Å². The highest BCUT2D eigenvalue weighted by atomic mass is 32.2. The lowest BCUT2D eigenvalue weighted by atomic mass is 10.3. The monoisotopic (exact) mass is 362 g/mol. The van der Waals surface area contributed by atoms with Gasteiger partial charge in [-0.15, -0.1) is 23.1 Å². The highest BCUT2D eigenvalue weighted by molar-refractivity contribution is 8.00. The lowest BCUT2D eigenvalue weighted by molar-refractivity contribution is 0.703. The third-order valence-corrected chi connectivity index (χ3v) is 6.02. The summed E-state index contributed by atoms with van der Waals surface area (Å²) in [6.45, 7) is 4.19. The topological polar surface area (TPSA) is 69.8 Å². The molecule has 126 valence electrons. The van der Waals surface area contributed by atoms with Crippen molar-refractivity contribution in [1.82, 2.24) is 19.1 Å². The van der Waals surface area contributed by atoms with Gasteiger partial charge >= 0.3 is 5.69 Å². The summed E-state index contributed by atoms with van der Waals surface area (Å²) in [5, 5.41) is 3.30. The predicted octanol–water partition coefficient (Wildman–Crippen LogP) is 2.65. The maximum Gasteiger partial charge on any atom is 0.332 e. The molecule has 0 bridgehead atoms. The number of aromatic nitrogens is 4. The molecule has 0 saturated heterocycles. The number of hydrogen-bond acceptors (Lipinski definition) is 6. The van der Waals surface area contributed by atoms with E-state index in [4.69, 9.17) is 0 Å². The van der Waals surface area contributed by atoms with Crippen molar-refractivity contribution in [2.75, 3.05) is 0 Å². The molecular weight excluding hydrogens is 344 g/mol. The maximum atomic E-state index is 12.6. The van der Waals surface area contributed by atoms with E-state index in [1.165, 1.54) is 23.0 Å². The quantitative estimate of drug-likeness (QED) is 0.527. The molecule has 0 aliphatic carbocycles. The van der Waals surface area contributed by atoms with Crippen LogP contribution in [0, 0.1) is 0 Å². The average Bonchev–Trinajstić information content (AvgIpc) is 3.11. The van der Waals surface area contributed by atoms with E-state index in [0.717, 1.165) is 15.9 Å². The Kier molecular flexibility index (Phi) is 4.60. The van der Waals surface area contributed by atoms with Gasteiger partial charge in [-0.3, -0.25) is 13.9 Å². The van der Waals surface area contributed by atoms with Crippen LogP contribution >= 0.6 is 23.1 Å². The normalized spacial score (nSPS) is 12.7. The summed E-state index contributed by atoms with van der Waals surface area (Å²) in [7, 11) is 3.11. The van der Waals surface area contributed by atoms with Gasteiger partial charge in [-0.25, -0.2) is 14.8 Å². The van der Waals surface area contributed by atoms with Crippen molar-refractivity contribution in [2.45, 2.75) is 30.5 Å². The Hall–Kier alpha value is -1.93. The van der Waals surface area contributed by atoms with E-state index in [9.17, 15) is 9.59 Å². The Morgan fingerprint density at radius 2 is 2.00 bits per heavy atom. The Labute approximate surface area is 147 Å². The van der Waals surface area contributed by atoms with Crippen molar-refractivity contribution in [2.24, 2.45) is 14.1 Å². The lowest BCUT2D eigenvalue weighted by Crippen LogP contribution is -2.37. The van der Waals surface area contributed by atoms with Gasteiger partial charge < -0.3 is 0 Å². The van der Waals surface area contributed by atoms with Crippen LogP contribution in [0.2, 0.25) is 0 Å². The van der Waals surface area contributed by atoms with Crippen LogP contribution in [0.15, 0.2) is 32.1 Å². The number of hydrogen-bond donors (Lipinski definition) is 0. The number of fused-ring (bicyclic) bond motifs is 1. The summed E-state index contributed by atoms with van der Waals surface area (Å²) >= 11 is 3.08. The molecule has 0 aliphatic heterocycles. The fourth-order valence-electron chi connectivity index (χ4n) is 2.30. The number of thioether (sulfide) groups is 1. The fraction of sp³-hybridized carbons (Fsp3) is 0.375. The Morgan fingerprint density at radius 3 is 2.62 bits per heavy atom. The second-order valence-electron chi connectivity index (χ2n) is 5.57. The minimum Gasteiger partial charge on any atom is -0.280 e. The van der Waals surface area contributed by atoms with Gasteiger partial charge in [0, 0.05) is 19.3 Å². The summed E-state index contributed by atoms with van der Waals surface area (Å²) in [5.74, 6) is 0.548. The minimum absolute atomic E-state index is 0.307. The molecule has 8 heteroatoms. The standard InChI is InChI=1S/C16H18N4O2S2/c1-5-9(2)24-14-11-13(19(3)16(22)20(4)15(11)21)17-12(18-14)10-7-6-8-23-10/h6-9H,5H2,1-4H3/t9-/m1/s1. The Bertz CT molecular complexity index is 1010. The van der Waals surface area contributed by atoms with E-state index in [0.29, 0.717) is 27.1 Å². The number of thiophene rings is 1. The molecule has 3 aromatic heterocycles. The van der Waals surface area contributed by atoms with E-state index < -0.39 is 0 Å². The van der Waals surface area contributed by atoms with Gasteiger partial charge in [0.1, 0.15) is 10.4 Å². The van der Waals surface area contributed by atoms with Crippen molar-refractivity contribution in [3.05, 3.63) is 38.4 Å². The largest absolute Gasteiger partial charge is 0.332 e. The summed E-state index contributed by atoms with van der Waals surface area (Å²) in [6.07, 6.45) is 0.955. The van der Waals surface area contributed by atoms with Crippen LogP contribution in [0.3, 0.4) is 0 Å². The van der Waals surface area contributed by atoms with Crippen LogP contribution in [0.5, 0.6) is 0 Å². The molecule has 0 aromatic carbocycles. The SMILES string of the molecule is CC[C@@H](C)Sc1nc(-c2cccs2)nc2c1c(=O)n(C)c(=O)n2C. The third kappa shape index (κ3) is 2.80. The number of aryl methyl sites for hydroxylation is 1. The van der Waals surface area contributed by atoms with Crippen molar-refractivity contribution >= 4 is 34.1 Å². The second-order valence-corrected chi connectivity index (χ2v) is 7.95. The van der Waals surface area contributed by atoms with Gasteiger partial charge in [-0.05, 0) is 17.9 Å². The van der Waals surface area contributed by atoms with E-state index in [1.807, 2.05) is 17.5 Å². The molecule has 3 heterocycles. The molecule has 0 radical (unpaired) electrons. The molecule has 0 aliphatic rings. The fourth-order valence-corrected chi connectivity index (χ4v) is 3.95. The highest BCUT2D eigenvalue weighted by Crippen LogP contribution is 2.31. The van der Waals surface area contributed by atoms with Gasteiger partial charge in [-0.2, -0.15) is 0 Å². The summed E-state index contributed by atoms with van der Waals surface area (Å²) in [5.41, 5.74) is -0.355. The highest BCUT2D eigenvalue weighted by Gasteiger charge is 2.19. The molecule has 6 nitrogen and oxygen atoms in total. The molecule has 0 unspecified atom stereocenters. The average molecular weight is 362 g/mol. The second kappa shape index (κ2) is 6.52. The molecule has 1 atom stereocenters. The molecule has 3 aromatic rings. The van der Waals surface area contributed by atoms with E-state index >= 15 is 0 Å². The first-order chi connectivity index (χ1) is 11.4. The van der Waals surface area contributed by atoms with E-state index in [-0.39, 0.29) is 11.2 Å². The Balaban J connectivity index is 2.40. The van der Waals surface area contributed by atoms with Gasteiger partial charge in [-0.1, -0.05) is 19.9 Å². The molecule has 0 saturated carbocycles. The van der Waals surface area contributed by atoms with Crippen molar-refractivity contribution in [1.29, 1.82) is 0 Å². The van der Waals surface area contributed by atoms with Crippen LogP contribution in [0.4, 0.5) is 0 Å². The van der Waals surface area contributed by atoms with Crippen LogP contribution in [-0.4, -0.2) is 24.4 Å². The predicted molar refractivity (Wildman–Crippen MR) is 98.9 cm³/mol. The zero-order chi connectivity index (χ0) is 17.4. The summed E-state index contributed by atoms with van der Waals surface area (Å²) in [4.78, 5) is 35.0. The molecular formula is C16H18N4O2S2. The van der Waals surface area contributed by atoms with Crippen LogP contribution in [0.25, 0.3) is 21.7 Å². The van der Waals surface area contributed by atoms with Crippen LogP contribution < -0.4 is 11.2 Å². The third-order valence-electron chi connectivity index (χ3n) is 3.90. The van der Waals surface area contributed by atoms with Gasteiger partial charge in [0.15, 0.2) is 11.5 Å². The summed E-state index contributed by atoms with van der Waals surface area (Å²) < 4.78 is 2.52. The number of rotatable bonds is 4. The molecule has 3 rings (SSSR count). The van der Waals surface area contributed by atoms with Crippen LogP contribution in [0.1, 0.15) is 20.3 Å². The van der Waals surface area contributed by atoms with Gasteiger partial charge in [0.05, 0.1) is 4.88 Å². The van der Waals surface area contributed by atoms with Crippen LogP contribution in [-0.2, 0) is 14.1 Å². The first-order valence-electron chi connectivity index (χ1n) is 7.62. The lowest BCUT2D eigenvalue weighted by Gasteiger charge is -2.13. The smallest absolute Gasteiger partial charge is 0.280 e. The van der Waals surface area contributed by atoms with Crippen molar-refractivity contribution in [3.8, 4) is 10.7 Å². The zero-order valence-electron chi connectivity index (χ0n) is 13.9. The first kappa shape index (κ1) is 16.9. The molecule has 0 spiro atoms. The molecule has 0 N–H and O–H groups in total. The molecule has 24 heavy (non-hydrogen) atoms. The molecule has 0 amide bonds. The van der Waals surface area contributed by atoms with Crippen molar-refractivity contribution < 1.29 is 0 Å². The maximum absolute atomic E-state index is 12.6. The number of nitrogens with zero attached hydrogens (tertiary/aromatic N) is 4. The summed E-state index contributed by atoms with van der Waals surface area (Å²) in [6, 6.07) is 3.86.